The van der Waals surface area contributed by atoms with Crippen molar-refractivity contribution < 1.29 is 4.74 Å². The summed E-state index contributed by atoms with van der Waals surface area (Å²) in [6.45, 7) is 1.95. The Labute approximate surface area is 115 Å². The minimum absolute atomic E-state index is 0.140. The summed E-state index contributed by atoms with van der Waals surface area (Å²) in [5.41, 5.74) is 1.74. The molecule has 2 heterocycles. The van der Waals surface area contributed by atoms with E-state index in [9.17, 15) is 4.79 Å². The molecule has 1 N–H and O–H groups in total. The number of H-pyrrole nitrogens is 1. The number of aromatic nitrogens is 4. The average molecular weight is 270 g/mol. The fourth-order valence-corrected chi connectivity index (χ4v) is 2.22. The normalized spacial score (nSPS) is 12.5. The zero-order valence-corrected chi connectivity index (χ0v) is 11.2. The van der Waals surface area contributed by atoms with Crippen molar-refractivity contribution in [3.8, 4) is 5.88 Å². The molecule has 0 radical (unpaired) electrons. The van der Waals surface area contributed by atoms with Crippen LogP contribution in [-0.4, -0.2) is 26.6 Å². The Balaban J connectivity index is 2.20. The van der Waals surface area contributed by atoms with E-state index in [1.54, 1.807) is 4.57 Å². The van der Waals surface area contributed by atoms with Crippen molar-refractivity contribution in [1.29, 1.82) is 0 Å². The Morgan fingerprint density at radius 1 is 1.30 bits per heavy atom. The summed E-state index contributed by atoms with van der Waals surface area (Å²) >= 11 is 0. The standard InChI is InChI=1S/C14H14N4O2/c1-9(10-6-4-3-5-7-10)18-13-12(17-14(18)19)15-8-11(16-13)20-2/h3-9H,1-2H3,(H,15,17,19)/t9-/m1/s1. The van der Waals surface area contributed by atoms with Gasteiger partial charge in [-0.15, -0.1) is 0 Å². The number of methoxy groups -OCH3 is 1. The van der Waals surface area contributed by atoms with Crippen LogP contribution in [0.15, 0.2) is 41.3 Å². The fourth-order valence-electron chi connectivity index (χ4n) is 2.22. The van der Waals surface area contributed by atoms with Gasteiger partial charge in [0.1, 0.15) is 0 Å². The summed E-state index contributed by atoms with van der Waals surface area (Å²) in [6, 6.07) is 9.64. The molecular formula is C14H14N4O2. The van der Waals surface area contributed by atoms with Crippen molar-refractivity contribution in [3.05, 3.63) is 52.6 Å². The van der Waals surface area contributed by atoms with Gasteiger partial charge in [-0.2, -0.15) is 4.98 Å². The van der Waals surface area contributed by atoms with Crippen molar-refractivity contribution in [2.24, 2.45) is 0 Å². The van der Waals surface area contributed by atoms with Crippen molar-refractivity contribution in [3.63, 3.8) is 0 Å². The molecule has 0 aliphatic rings. The first-order valence-electron chi connectivity index (χ1n) is 6.27. The molecule has 20 heavy (non-hydrogen) atoms. The zero-order chi connectivity index (χ0) is 14.1. The molecule has 1 aromatic carbocycles. The summed E-state index contributed by atoms with van der Waals surface area (Å²) in [5.74, 6) is 0.380. The third-order valence-corrected chi connectivity index (χ3v) is 3.28. The van der Waals surface area contributed by atoms with Crippen LogP contribution in [0.5, 0.6) is 5.88 Å². The van der Waals surface area contributed by atoms with E-state index in [1.807, 2.05) is 37.3 Å². The predicted octanol–water partition coefficient (Wildman–Crippen LogP) is 1.74. The van der Waals surface area contributed by atoms with Gasteiger partial charge >= 0.3 is 5.69 Å². The molecule has 3 rings (SSSR count). The number of benzene rings is 1. The Morgan fingerprint density at radius 3 is 2.75 bits per heavy atom. The largest absolute Gasteiger partial charge is 0.480 e. The minimum atomic E-state index is -0.232. The molecule has 0 bridgehead atoms. The van der Waals surface area contributed by atoms with Crippen molar-refractivity contribution >= 4 is 11.3 Å². The Hall–Kier alpha value is -2.63. The van der Waals surface area contributed by atoms with Gasteiger partial charge in [-0.3, -0.25) is 9.55 Å². The average Bonchev–Trinajstić information content (AvgIpc) is 2.82. The highest BCUT2D eigenvalue weighted by Crippen LogP contribution is 2.20. The summed E-state index contributed by atoms with van der Waals surface area (Å²) in [6.07, 6.45) is 1.48. The lowest BCUT2D eigenvalue weighted by molar-refractivity contribution is 0.396. The third kappa shape index (κ3) is 1.95. The van der Waals surface area contributed by atoms with Crippen LogP contribution in [0.1, 0.15) is 18.5 Å². The van der Waals surface area contributed by atoms with E-state index in [0.717, 1.165) is 5.56 Å². The first-order valence-corrected chi connectivity index (χ1v) is 6.27. The van der Waals surface area contributed by atoms with E-state index < -0.39 is 0 Å². The maximum absolute atomic E-state index is 12.1. The number of imidazole rings is 1. The molecule has 0 spiro atoms. The van der Waals surface area contributed by atoms with Crippen molar-refractivity contribution in [2.75, 3.05) is 7.11 Å². The summed E-state index contributed by atoms with van der Waals surface area (Å²) < 4.78 is 6.65. The van der Waals surface area contributed by atoms with Gasteiger partial charge < -0.3 is 4.74 Å². The van der Waals surface area contributed by atoms with Gasteiger partial charge in [0, 0.05) is 0 Å². The molecular weight excluding hydrogens is 256 g/mol. The van der Waals surface area contributed by atoms with Gasteiger partial charge in [0.15, 0.2) is 11.3 Å². The second kappa shape index (κ2) is 4.80. The fraction of sp³-hybridized carbons (Fsp3) is 0.214. The molecule has 6 heteroatoms. The quantitative estimate of drug-likeness (QED) is 0.786. The number of rotatable bonds is 3. The second-order valence-corrected chi connectivity index (χ2v) is 4.47. The molecule has 1 atom stereocenters. The highest BCUT2D eigenvalue weighted by Gasteiger charge is 2.17. The lowest BCUT2D eigenvalue weighted by Gasteiger charge is -2.13. The van der Waals surface area contributed by atoms with E-state index in [-0.39, 0.29) is 11.7 Å². The lowest BCUT2D eigenvalue weighted by atomic mass is 10.1. The summed E-state index contributed by atoms with van der Waals surface area (Å²) in [7, 11) is 1.52. The molecule has 2 aromatic heterocycles. The highest BCUT2D eigenvalue weighted by molar-refractivity contribution is 5.66. The van der Waals surface area contributed by atoms with Gasteiger partial charge in [-0.1, -0.05) is 30.3 Å². The van der Waals surface area contributed by atoms with Crippen LogP contribution in [0.3, 0.4) is 0 Å². The van der Waals surface area contributed by atoms with E-state index in [1.165, 1.54) is 13.3 Å². The van der Waals surface area contributed by atoms with Crippen LogP contribution >= 0.6 is 0 Å². The first-order chi connectivity index (χ1) is 9.70. The number of aromatic amines is 1. The third-order valence-electron chi connectivity index (χ3n) is 3.28. The van der Waals surface area contributed by atoms with Crippen LogP contribution in [0, 0.1) is 0 Å². The SMILES string of the molecule is COc1cnc2[nH]c(=O)n([C@H](C)c3ccccc3)c2n1. The summed E-state index contributed by atoms with van der Waals surface area (Å²) in [4.78, 5) is 23.3. The molecule has 6 nitrogen and oxygen atoms in total. The van der Waals surface area contributed by atoms with E-state index in [2.05, 4.69) is 15.0 Å². The first kappa shape index (κ1) is 12.4. The molecule has 0 fully saturated rings. The maximum atomic E-state index is 12.1. The monoisotopic (exact) mass is 270 g/mol. The van der Waals surface area contributed by atoms with Gasteiger partial charge in [-0.25, -0.2) is 9.78 Å². The van der Waals surface area contributed by atoms with E-state index >= 15 is 0 Å². The van der Waals surface area contributed by atoms with Crippen LogP contribution in [0.2, 0.25) is 0 Å². The lowest BCUT2D eigenvalue weighted by Crippen LogP contribution is -2.21. The van der Waals surface area contributed by atoms with Gasteiger partial charge in [0.05, 0.1) is 19.3 Å². The van der Waals surface area contributed by atoms with Crippen LogP contribution in [0.4, 0.5) is 0 Å². The molecule has 0 amide bonds. The number of ether oxygens (including phenoxy) is 1. The maximum Gasteiger partial charge on any atom is 0.329 e. The highest BCUT2D eigenvalue weighted by atomic mass is 16.5. The van der Waals surface area contributed by atoms with Crippen molar-refractivity contribution in [1.82, 2.24) is 19.5 Å². The number of hydrogen-bond acceptors (Lipinski definition) is 4. The Bertz CT molecular complexity index is 792. The number of hydrogen-bond donors (Lipinski definition) is 1. The molecule has 0 saturated carbocycles. The number of nitrogens with zero attached hydrogens (tertiary/aromatic N) is 3. The summed E-state index contributed by atoms with van der Waals surface area (Å²) in [5, 5.41) is 0. The topological polar surface area (TPSA) is 72.8 Å². The van der Waals surface area contributed by atoms with Crippen LogP contribution in [0.25, 0.3) is 11.3 Å². The number of nitrogens with one attached hydrogen (secondary N) is 1. The van der Waals surface area contributed by atoms with E-state index in [4.69, 9.17) is 4.74 Å². The van der Waals surface area contributed by atoms with Crippen molar-refractivity contribution in [2.45, 2.75) is 13.0 Å². The molecule has 0 unspecified atom stereocenters. The molecule has 0 aliphatic carbocycles. The van der Waals surface area contributed by atoms with Crippen LogP contribution < -0.4 is 10.4 Å². The zero-order valence-electron chi connectivity index (χ0n) is 11.2. The predicted molar refractivity (Wildman–Crippen MR) is 75.0 cm³/mol. The second-order valence-electron chi connectivity index (χ2n) is 4.47. The molecule has 3 aromatic rings. The van der Waals surface area contributed by atoms with E-state index in [0.29, 0.717) is 17.2 Å². The number of fused-ring (bicyclic) bond motifs is 1. The molecule has 0 saturated heterocycles. The molecule has 0 aliphatic heterocycles. The Morgan fingerprint density at radius 2 is 2.05 bits per heavy atom. The minimum Gasteiger partial charge on any atom is -0.480 e. The molecule has 102 valence electrons. The van der Waals surface area contributed by atoms with Crippen LogP contribution in [-0.2, 0) is 0 Å². The Kier molecular flexibility index (Phi) is 2.98. The van der Waals surface area contributed by atoms with Gasteiger partial charge in [0.25, 0.3) is 0 Å². The smallest absolute Gasteiger partial charge is 0.329 e. The van der Waals surface area contributed by atoms with Gasteiger partial charge in [0.2, 0.25) is 5.88 Å². The van der Waals surface area contributed by atoms with Gasteiger partial charge in [-0.05, 0) is 12.5 Å².